The number of urea groups is 1. The summed E-state index contributed by atoms with van der Waals surface area (Å²) >= 11 is 1.75. The van der Waals surface area contributed by atoms with Gasteiger partial charge in [-0.3, -0.25) is 0 Å². The maximum atomic E-state index is 12.3. The predicted molar refractivity (Wildman–Crippen MR) is 84.3 cm³/mol. The molecule has 2 amide bonds. The minimum Gasteiger partial charge on any atom is -0.375 e. The maximum Gasteiger partial charge on any atom is 0.322 e. The van der Waals surface area contributed by atoms with Crippen LogP contribution in [0, 0.1) is 0 Å². The zero-order chi connectivity index (χ0) is 14.4. The molecule has 1 aliphatic rings. The minimum atomic E-state index is -0.0275. The standard InChI is InChI=1S/C15H22N2O2S/c1-3-13-10-17(8-9-19-13)15(18)16-14-7-5-4-6-12(14)11-20-2/h4-7,13H,3,8-11H2,1-2H3,(H,16,18)/t13-/m0/s1. The highest BCUT2D eigenvalue weighted by molar-refractivity contribution is 7.97. The van der Waals surface area contributed by atoms with Crippen molar-refractivity contribution in [2.24, 2.45) is 0 Å². The molecule has 5 heteroatoms. The molecule has 0 aliphatic carbocycles. The molecule has 1 N–H and O–H groups in total. The van der Waals surface area contributed by atoms with E-state index in [4.69, 9.17) is 4.74 Å². The molecule has 0 radical (unpaired) electrons. The van der Waals surface area contributed by atoms with E-state index in [1.54, 1.807) is 11.8 Å². The third kappa shape index (κ3) is 3.90. The molecule has 1 atom stereocenters. The Morgan fingerprint density at radius 2 is 2.30 bits per heavy atom. The molecule has 0 spiro atoms. The molecule has 1 heterocycles. The fourth-order valence-electron chi connectivity index (χ4n) is 2.27. The number of carbonyl (C=O) groups excluding carboxylic acids is 1. The second-order valence-corrected chi connectivity index (χ2v) is 5.73. The lowest BCUT2D eigenvalue weighted by molar-refractivity contribution is -0.0134. The number of nitrogens with zero attached hydrogens (tertiary/aromatic N) is 1. The summed E-state index contributed by atoms with van der Waals surface area (Å²) in [7, 11) is 0. The zero-order valence-corrected chi connectivity index (χ0v) is 12.9. The fraction of sp³-hybridized carbons (Fsp3) is 0.533. The van der Waals surface area contributed by atoms with E-state index in [0.717, 1.165) is 23.4 Å². The molecule has 1 saturated heterocycles. The Morgan fingerprint density at radius 3 is 3.05 bits per heavy atom. The molecule has 1 aromatic carbocycles. The van der Waals surface area contributed by atoms with Gasteiger partial charge >= 0.3 is 6.03 Å². The first kappa shape index (κ1) is 15.2. The molecule has 110 valence electrons. The molecule has 1 aliphatic heterocycles. The van der Waals surface area contributed by atoms with E-state index < -0.39 is 0 Å². The second kappa shape index (κ2) is 7.55. The van der Waals surface area contributed by atoms with E-state index >= 15 is 0 Å². The van der Waals surface area contributed by atoms with Crippen molar-refractivity contribution in [3.05, 3.63) is 29.8 Å². The number of nitrogens with one attached hydrogen (secondary N) is 1. The molecule has 0 unspecified atom stereocenters. The van der Waals surface area contributed by atoms with Gasteiger partial charge in [0, 0.05) is 24.5 Å². The average Bonchev–Trinajstić information content (AvgIpc) is 2.49. The van der Waals surface area contributed by atoms with Crippen LogP contribution in [0.2, 0.25) is 0 Å². The third-order valence-corrected chi connectivity index (χ3v) is 4.04. The topological polar surface area (TPSA) is 41.6 Å². The van der Waals surface area contributed by atoms with Crippen LogP contribution in [0.5, 0.6) is 0 Å². The zero-order valence-electron chi connectivity index (χ0n) is 12.1. The lowest BCUT2D eigenvalue weighted by Crippen LogP contribution is -2.47. The summed E-state index contributed by atoms with van der Waals surface area (Å²) in [6.45, 7) is 4.04. The number of anilines is 1. The number of para-hydroxylation sites is 1. The van der Waals surface area contributed by atoms with Gasteiger partial charge in [-0.05, 0) is 24.3 Å². The van der Waals surface area contributed by atoms with Gasteiger partial charge in [0.05, 0.1) is 12.7 Å². The summed E-state index contributed by atoms with van der Waals surface area (Å²) in [4.78, 5) is 14.2. The van der Waals surface area contributed by atoms with E-state index in [-0.39, 0.29) is 12.1 Å². The Bertz CT molecular complexity index is 453. The maximum absolute atomic E-state index is 12.3. The Morgan fingerprint density at radius 1 is 1.50 bits per heavy atom. The summed E-state index contributed by atoms with van der Waals surface area (Å²) in [5.41, 5.74) is 2.07. The van der Waals surface area contributed by atoms with Crippen LogP contribution in [0.3, 0.4) is 0 Å². The van der Waals surface area contributed by atoms with Crippen LogP contribution in [0.25, 0.3) is 0 Å². The molecule has 4 nitrogen and oxygen atoms in total. The first-order chi connectivity index (χ1) is 9.74. The van der Waals surface area contributed by atoms with Crippen LogP contribution in [-0.2, 0) is 10.5 Å². The Hall–Kier alpha value is -1.20. The number of amides is 2. The van der Waals surface area contributed by atoms with Crippen molar-refractivity contribution in [1.82, 2.24) is 4.90 Å². The minimum absolute atomic E-state index is 0.0275. The molecule has 20 heavy (non-hydrogen) atoms. The first-order valence-electron chi connectivity index (χ1n) is 6.99. The van der Waals surface area contributed by atoms with E-state index in [9.17, 15) is 4.79 Å². The molecule has 1 aromatic rings. The lowest BCUT2D eigenvalue weighted by Gasteiger charge is -2.32. The number of hydrogen-bond acceptors (Lipinski definition) is 3. The molecule has 1 fully saturated rings. The molecule has 0 saturated carbocycles. The third-order valence-electron chi connectivity index (χ3n) is 3.44. The number of ether oxygens (including phenoxy) is 1. The average molecular weight is 294 g/mol. The molecular formula is C15H22N2O2S. The van der Waals surface area contributed by atoms with Gasteiger partial charge in [0.25, 0.3) is 0 Å². The van der Waals surface area contributed by atoms with Crippen molar-refractivity contribution in [3.63, 3.8) is 0 Å². The number of thioether (sulfide) groups is 1. The number of hydrogen-bond donors (Lipinski definition) is 1. The lowest BCUT2D eigenvalue weighted by atomic mass is 10.2. The van der Waals surface area contributed by atoms with Gasteiger partial charge in [0.1, 0.15) is 0 Å². The van der Waals surface area contributed by atoms with Crippen LogP contribution in [0.1, 0.15) is 18.9 Å². The van der Waals surface area contributed by atoms with Crippen LogP contribution in [0.15, 0.2) is 24.3 Å². The highest BCUT2D eigenvalue weighted by Crippen LogP contribution is 2.20. The smallest absolute Gasteiger partial charge is 0.322 e. The number of rotatable bonds is 4. The van der Waals surface area contributed by atoms with E-state index in [2.05, 4.69) is 24.6 Å². The largest absolute Gasteiger partial charge is 0.375 e. The highest BCUT2D eigenvalue weighted by atomic mass is 32.2. The number of benzene rings is 1. The number of morpholine rings is 1. The Labute approximate surface area is 124 Å². The van der Waals surface area contributed by atoms with Gasteiger partial charge in [-0.25, -0.2) is 4.79 Å². The second-order valence-electron chi connectivity index (χ2n) is 4.87. The van der Waals surface area contributed by atoms with Crippen molar-refractivity contribution < 1.29 is 9.53 Å². The summed E-state index contributed by atoms with van der Waals surface area (Å²) in [6, 6.07) is 7.94. The van der Waals surface area contributed by atoms with E-state index in [0.29, 0.717) is 19.7 Å². The molecule has 0 bridgehead atoms. The molecule has 0 aromatic heterocycles. The van der Waals surface area contributed by atoms with Crippen molar-refractivity contribution in [1.29, 1.82) is 0 Å². The molecule has 2 rings (SSSR count). The van der Waals surface area contributed by atoms with Crippen LogP contribution in [-0.4, -0.2) is 43.0 Å². The van der Waals surface area contributed by atoms with E-state index in [1.807, 2.05) is 23.1 Å². The van der Waals surface area contributed by atoms with Crippen molar-refractivity contribution in [3.8, 4) is 0 Å². The monoisotopic (exact) mass is 294 g/mol. The van der Waals surface area contributed by atoms with Crippen LogP contribution in [0.4, 0.5) is 10.5 Å². The summed E-state index contributed by atoms with van der Waals surface area (Å²) in [5, 5.41) is 3.03. The predicted octanol–water partition coefficient (Wildman–Crippen LogP) is 3.19. The van der Waals surface area contributed by atoms with Crippen molar-refractivity contribution >= 4 is 23.5 Å². The quantitative estimate of drug-likeness (QED) is 0.927. The Kier molecular flexibility index (Phi) is 5.73. The van der Waals surface area contributed by atoms with Gasteiger partial charge in [-0.2, -0.15) is 11.8 Å². The van der Waals surface area contributed by atoms with Crippen molar-refractivity contribution in [2.45, 2.75) is 25.2 Å². The normalized spacial score (nSPS) is 18.9. The SMILES string of the molecule is CC[C@H]1CN(C(=O)Nc2ccccc2CSC)CCO1. The Balaban J connectivity index is 2.00. The van der Waals surface area contributed by atoms with Gasteiger partial charge in [-0.1, -0.05) is 25.1 Å². The van der Waals surface area contributed by atoms with E-state index in [1.165, 1.54) is 0 Å². The summed E-state index contributed by atoms with van der Waals surface area (Å²) < 4.78 is 5.60. The van der Waals surface area contributed by atoms with Gasteiger partial charge in [-0.15, -0.1) is 0 Å². The van der Waals surface area contributed by atoms with Gasteiger partial charge < -0.3 is 15.0 Å². The number of carbonyl (C=O) groups is 1. The van der Waals surface area contributed by atoms with Crippen LogP contribution >= 0.6 is 11.8 Å². The summed E-state index contributed by atoms with van der Waals surface area (Å²) in [5.74, 6) is 0.900. The van der Waals surface area contributed by atoms with Crippen molar-refractivity contribution in [2.75, 3.05) is 31.3 Å². The van der Waals surface area contributed by atoms with Gasteiger partial charge in [0.2, 0.25) is 0 Å². The summed E-state index contributed by atoms with van der Waals surface area (Å²) in [6.07, 6.45) is 3.16. The first-order valence-corrected chi connectivity index (χ1v) is 8.38. The molecular weight excluding hydrogens is 272 g/mol. The van der Waals surface area contributed by atoms with Gasteiger partial charge in [0.15, 0.2) is 0 Å². The van der Waals surface area contributed by atoms with Crippen LogP contribution < -0.4 is 5.32 Å². The highest BCUT2D eigenvalue weighted by Gasteiger charge is 2.23. The fourth-order valence-corrected chi connectivity index (χ4v) is 2.83.